The minimum absolute atomic E-state index is 0.165. The molecule has 0 radical (unpaired) electrons. The summed E-state index contributed by atoms with van der Waals surface area (Å²) in [5.74, 6) is -0.956. The van der Waals surface area contributed by atoms with Crippen molar-refractivity contribution in [3.05, 3.63) is 36.5 Å². The van der Waals surface area contributed by atoms with Crippen molar-refractivity contribution in [2.75, 3.05) is 26.4 Å². The highest BCUT2D eigenvalue weighted by molar-refractivity contribution is 7.47. The molecular formula is C34H61O10P. The maximum Gasteiger partial charge on any atom is 0.472 e. The van der Waals surface area contributed by atoms with Crippen LogP contribution in [-0.2, 0) is 32.7 Å². The first-order chi connectivity index (χ1) is 21.7. The highest BCUT2D eigenvalue weighted by Crippen LogP contribution is 2.43. The number of rotatable bonds is 31. The predicted octanol–water partition coefficient (Wildman–Crippen LogP) is 7.66. The first kappa shape index (κ1) is 43.2. The van der Waals surface area contributed by atoms with E-state index in [1.807, 2.05) is 0 Å². The van der Waals surface area contributed by atoms with E-state index in [1.165, 1.54) is 19.3 Å². The summed E-state index contributed by atoms with van der Waals surface area (Å²) in [5.41, 5.74) is 0. The monoisotopic (exact) mass is 660 g/mol. The fourth-order valence-corrected chi connectivity index (χ4v) is 4.97. The van der Waals surface area contributed by atoms with E-state index in [0.717, 1.165) is 70.6 Å². The molecule has 11 heteroatoms. The first-order valence-electron chi connectivity index (χ1n) is 16.9. The molecule has 0 rings (SSSR count). The lowest BCUT2D eigenvalue weighted by Gasteiger charge is -2.20. The van der Waals surface area contributed by atoms with Gasteiger partial charge < -0.3 is 24.6 Å². The number of carbonyl (C=O) groups is 2. The van der Waals surface area contributed by atoms with Crippen molar-refractivity contribution < 1.29 is 47.8 Å². The number of ether oxygens (including phenoxy) is 2. The van der Waals surface area contributed by atoms with Gasteiger partial charge in [-0.3, -0.25) is 18.6 Å². The summed E-state index contributed by atoms with van der Waals surface area (Å²) in [5, 5.41) is 18.2. The number of allylic oxidation sites excluding steroid dienone is 6. The molecule has 0 bridgehead atoms. The van der Waals surface area contributed by atoms with E-state index in [9.17, 15) is 24.2 Å². The van der Waals surface area contributed by atoms with Gasteiger partial charge in [0.15, 0.2) is 6.10 Å². The van der Waals surface area contributed by atoms with Crippen molar-refractivity contribution in [2.45, 2.75) is 142 Å². The van der Waals surface area contributed by atoms with Gasteiger partial charge in [0.05, 0.1) is 19.8 Å². The van der Waals surface area contributed by atoms with Gasteiger partial charge >= 0.3 is 19.8 Å². The third-order valence-corrected chi connectivity index (χ3v) is 7.76. The Balaban J connectivity index is 4.43. The van der Waals surface area contributed by atoms with Gasteiger partial charge in [0, 0.05) is 12.8 Å². The molecule has 0 fully saturated rings. The third kappa shape index (κ3) is 30.6. The molecule has 0 aliphatic carbocycles. The van der Waals surface area contributed by atoms with Gasteiger partial charge in [-0.15, -0.1) is 0 Å². The van der Waals surface area contributed by atoms with Crippen molar-refractivity contribution in [2.24, 2.45) is 0 Å². The van der Waals surface area contributed by atoms with E-state index in [1.54, 1.807) is 0 Å². The molecule has 0 aromatic heterocycles. The van der Waals surface area contributed by atoms with Crippen LogP contribution in [-0.4, -0.2) is 65.7 Å². The van der Waals surface area contributed by atoms with Crippen molar-refractivity contribution in [1.29, 1.82) is 0 Å². The number of phosphoric acid groups is 1. The van der Waals surface area contributed by atoms with Crippen molar-refractivity contribution in [1.82, 2.24) is 0 Å². The molecule has 1 unspecified atom stereocenters. The molecule has 0 saturated carbocycles. The molecule has 0 heterocycles. The number of phosphoric ester groups is 1. The Hall–Kier alpha value is -1.81. The van der Waals surface area contributed by atoms with Crippen LogP contribution < -0.4 is 0 Å². The average Bonchev–Trinajstić information content (AvgIpc) is 3.02. The van der Waals surface area contributed by atoms with Gasteiger partial charge in [0.25, 0.3) is 0 Å². The summed E-state index contributed by atoms with van der Waals surface area (Å²) >= 11 is 0. The van der Waals surface area contributed by atoms with Crippen molar-refractivity contribution in [3.63, 3.8) is 0 Å². The number of hydrogen-bond donors (Lipinski definition) is 3. The third-order valence-electron chi connectivity index (χ3n) is 6.81. The van der Waals surface area contributed by atoms with Gasteiger partial charge in [-0.25, -0.2) is 4.57 Å². The lowest BCUT2D eigenvalue weighted by molar-refractivity contribution is -0.161. The smallest absolute Gasteiger partial charge is 0.462 e. The Labute approximate surface area is 271 Å². The van der Waals surface area contributed by atoms with Crippen LogP contribution in [0, 0.1) is 0 Å². The van der Waals surface area contributed by atoms with Crippen molar-refractivity contribution in [3.8, 4) is 0 Å². The van der Waals surface area contributed by atoms with E-state index in [2.05, 4.69) is 54.8 Å². The second-order valence-corrected chi connectivity index (χ2v) is 12.6. The summed E-state index contributed by atoms with van der Waals surface area (Å²) in [6.45, 7) is 2.16. The van der Waals surface area contributed by atoms with Crippen LogP contribution in [0.15, 0.2) is 36.5 Å². The SMILES string of the molecule is CC/C=C/C/C=C/C/C=C/CCCCCCCC(=O)O[C@H](COC(=O)CCCCCCCCC)COP(=O)(O)OC[C@@H](O)CO. The van der Waals surface area contributed by atoms with Crippen LogP contribution in [0.2, 0.25) is 0 Å². The van der Waals surface area contributed by atoms with Gasteiger partial charge in [0.1, 0.15) is 12.7 Å². The molecule has 45 heavy (non-hydrogen) atoms. The standard InChI is InChI=1S/C34H61O10P/c1-3-5-7-9-11-12-13-14-15-16-17-18-20-22-24-26-34(38)44-32(30-43-45(39,40)42-28-31(36)27-35)29-41-33(37)25-23-21-19-10-8-6-4-2/h5,7,11-12,14-15,31-32,35-36H,3-4,6,8-10,13,16-30H2,1-2H3,(H,39,40)/b7-5+,12-11+,15-14+/t31-,32+/m0/s1. The van der Waals surface area contributed by atoms with Crippen LogP contribution in [0.3, 0.4) is 0 Å². The van der Waals surface area contributed by atoms with Crippen LogP contribution >= 0.6 is 7.82 Å². The van der Waals surface area contributed by atoms with E-state index in [4.69, 9.17) is 19.1 Å². The Morgan fingerprint density at radius 2 is 1.22 bits per heavy atom. The molecule has 0 aliphatic heterocycles. The van der Waals surface area contributed by atoms with E-state index >= 15 is 0 Å². The number of unbranched alkanes of at least 4 members (excludes halogenated alkanes) is 11. The zero-order valence-electron chi connectivity index (χ0n) is 27.8. The highest BCUT2D eigenvalue weighted by Gasteiger charge is 2.27. The zero-order chi connectivity index (χ0) is 33.4. The Bertz CT molecular complexity index is 858. The summed E-state index contributed by atoms with van der Waals surface area (Å²) in [6, 6.07) is 0. The van der Waals surface area contributed by atoms with Gasteiger partial charge in [-0.2, -0.15) is 0 Å². The number of carbonyl (C=O) groups excluding carboxylic acids is 2. The summed E-state index contributed by atoms with van der Waals surface area (Å²) < 4.78 is 32.4. The Morgan fingerprint density at radius 3 is 1.84 bits per heavy atom. The predicted molar refractivity (Wildman–Crippen MR) is 178 cm³/mol. The zero-order valence-corrected chi connectivity index (χ0v) is 28.7. The molecule has 3 atom stereocenters. The van der Waals surface area contributed by atoms with E-state index in [0.29, 0.717) is 12.8 Å². The number of aliphatic hydroxyl groups is 2. The molecule has 0 saturated heterocycles. The molecule has 0 aromatic rings. The molecular weight excluding hydrogens is 599 g/mol. The minimum atomic E-state index is -4.60. The average molecular weight is 661 g/mol. The number of aliphatic hydroxyl groups excluding tert-OH is 2. The molecule has 0 amide bonds. The second kappa shape index (κ2) is 30.8. The number of hydrogen-bond acceptors (Lipinski definition) is 9. The normalized spacial score (nSPS) is 14.7. The second-order valence-electron chi connectivity index (χ2n) is 11.2. The van der Waals surface area contributed by atoms with Crippen LogP contribution in [0.25, 0.3) is 0 Å². The Kier molecular flexibility index (Phi) is 29.6. The topological polar surface area (TPSA) is 149 Å². The lowest BCUT2D eigenvalue weighted by Crippen LogP contribution is -2.29. The minimum Gasteiger partial charge on any atom is -0.462 e. The first-order valence-corrected chi connectivity index (χ1v) is 18.4. The van der Waals surface area contributed by atoms with Gasteiger partial charge in [0.2, 0.25) is 0 Å². The maximum absolute atomic E-state index is 12.5. The largest absolute Gasteiger partial charge is 0.472 e. The quantitative estimate of drug-likeness (QED) is 0.0293. The highest BCUT2D eigenvalue weighted by atomic mass is 31.2. The van der Waals surface area contributed by atoms with Crippen LogP contribution in [0.4, 0.5) is 0 Å². The van der Waals surface area contributed by atoms with Gasteiger partial charge in [-0.1, -0.05) is 108 Å². The molecule has 10 nitrogen and oxygen atoms in total. The van der Waals surface area contributed by atoms with E-state index < -0.39 is 51.8 Å². The van der Waals surface area contributed by atoms with Crippen molar-refractivity contribution >= 4 is 19.8 Å². The van der Waals surface area contributed by atoms with Crippen LogP contribution in [0.5, 0.6) is 0 Å². The van der Waals surface area contributed by atoms with E-state index in [-0.39, 0.29) is 19.4 Å². The molecule has 3 N–H and O–H groups in total. The molecule has 0 aromatic carbocycles. The lowest BCUT2D eigenvalue weighted by atomic mass is 10.1. The van der Waals surface area contributed by atoms with Crippen LogP contribution in [0.1, 0.15) is 129 Å². The molecule has 262 valence electrons. The molecule has 0 aliphatic rings. The molecule has 0 spiro atoms. The summed E-state index contributed by atoms with van der Waals surface area (Å²) in [7, 11) is -4.60. The fraction of sp³-hybridized carbons (Fsp3) is 0.765. The fourth-order valence-electron chi connectivity index (χ4n) is 4.18. The Morgan fingerprint density at radius 1 is 0.689 bits per heavy atom. The van der Waals surface area contributed by atoms with Gasteiger partial charge in [-0.05, 0) is 44.9 Å². The summed E-state index contributed by atoms with van der Waals surface area (Å²) in [4.78, 5) is 34.5. The summed E-state index contributed by atoms with van der Waals surface area (Å²) in [6.07, 6.45) is 27.1. The number of esters is 2. The maximum atomic E-state index is 12.5.